The van der Waals surface area contributed by atoms with Crippen LogP contribution in [0.15, 0.2) is 23.1 Å². The highest BCUT2D eigenvalue weighted by Crippen LogP contribution is 2.24. The van der Waals surface area contributed by atoms with E-state index in [2.05, 4.69) is 4.72 Å². The first-order chi connectivity index (χ1) is 9.03. The van der Waals surface area contributed by atoms with E-state index in [0.717, 1.165) is 37.8 Å². The van der Waals surface area contributed by atoms with Crippen LogP contribution in [-0.4, -0.2) is 15.0 Å². The minimum absolute atomic E-state index is 0.0663. The van der Waals surface area contributed by atoms with Gasteiger partial charge >= 0.3 is 0 Å². The monoisotopic (exact) mass is 282 g/mol. The molecule has 0 radical (unpaired) electrons. The van der Waals surface area contributed by atoms with Crippen molar-refractivity contribution < 1.29 is 12.8 Å². The van der Waals surface area contributed by atoms with Crippen molar-refractivity contribution in [1.29, 1.82) is 5.26 Å². The smallest absolute Gasteiger partial charge is 0.211 e. The van der Waals surface area contributed by atoms with E-state index in [-0.39, 0.29) is 10.5 Å². The molecule has 19 heavy (non-hydrogen) atoms. The molecule has 0 bridgehead atoms. The Morgan fingerprint density at radius 1 is 1.37 bits per heavy atom. The highest BCUT2D eigenvalue weighted by Gasteiger charge is 2.20. The number of nitrogens with zero attached hydrogens (tertiary/aromatic N) is 1. The number of sulfonamides is 1. The second-order valence-corrected chi connectivity index (χ2v) is 6.52. The molecular weight excluding hydrogens is 267 g/mol. The van der Waals surface area contributed by atoms with Gasteiger partial charge < -0.3 is 0 Å². The van der Waals surface area contributed by atoms with Gasteiger partial charge in [-0.2, -0.15) is 5.26 Å². The number of halogens is 1. The lowest BCUT2D eigenvalue weighted by atomic mass is 10.1. The van der Waals surface area contributed by atoms with Gasteiger partial charge in [-0.15, -0.1) is 0 Å². The molecule has 2 rings (SSSR count). The molecule has 1 aliphatic carbocycles. The second-order valence-electron chi connectivity index (χ2n) is 4.76. The van der Waals surface area contributed by atoms with Gasteiger partial charge in [0.15, 0.2) is 0 Å². The number of nitriles is 1. The number of rotatable bonds is 4. The third-order valence-electron chi connectivity index (χ3n) is 3.41. The van der Waals surface area contributed by atoms with Gasteiger partial charge in [0.2, 0.25) is 10.0 Å². The molecule has 0 saturated heterocycles. The molecule has 0 unspecified atom stereocenters. The van der Waals surface area contributed by atoms with Crippen LogP contribution in [0.3, 0.4) is 0 Å². The van der Waals surface area contributed by atoms with Gasteiger partial charge in [-0.3, -0.25) is 0 Å². The molecule has 1 saturated carbocycles. The first-order valence-electron chi connectivity index (χ1n) is 6.22. The second kappa shape index (κ2) is 5.68. The molecule has 4 nitrogen and oxygen atoms in total. The Balaban J connectivity index is 2.12. The van der Waals surface area contributed by atoms with Crippen molar-refractivity contribution in [2.75, 3.05) is 6.54 Å². The van der Waals surface area contributed by atoms with Gasteiger partial charge in [0.25, 0.3) is 0 Å². The summed E-state index contributed by atoms with van der Waals surface area (Å²) in [5.74, 6) is -0.331. The molecular formula is C13H15FN2O2S. The highest BCUT2D eigenvalue weighted by molar-refractivity contribution is 7.89. The number of hydrogen-bond acceptors (Lipinski definition) is 3. The van der Waals surface area contributed by atoms with Crippen LogP contribution in [0.4, 0.5) is 4.39 Å². The van der Waals surface area contributed by atoms with E-state index >= 15 is 0 Å². The van der Waals surface area contributed by atoms with Crippen LogP contribution in [-0.2, 0) is 10.0 Å². The molecule has 1 aliphatic rings. The number of nitrogens with one attached hydrogen (secondary N) is 1. The third kappa shape index (κ3) is 3.31. The Bertz CT molecular complexity index is 602. The summed E-state index contributed by atoms with van der Waals surface area (Å²) in [6.45, 7) is 0.404. The molecule has 1 N–H and O–H groups in total. The zero-order valence-electron chi connectivity index (χ0n) is 10.4. The van der Waals surface area contributed by atoms with Crippen LogP contribution in [0.2, 0.25) is 0 Å². The highest BCUT2D eigenvalue weighted by atomic mass is 32.2. The molecule has 6 heteroatoms. The molecule has 1 aromatic carbocycles. The summed E-state index contributed by atoms with van der Waals surface area (Å²) in [6.07, 6.45) is 4.35. The summed E-state index contributed by atoms with van der Waals surface area (Å²) in [4.78, 5) is -0.0663. The van der Waals surface area contributed by atoms with Gasteiger partial charge in [-0.05, 0) is 37.0 Å². The zero-order chi connectivity index (χ0) is 13.9. The molecule has 1 aromatic rings. The standard InChI is InChI=1S/C13H15FN2O2S/c14-13-6-5-12(7-11(13)8-15)19(17,18)16-9-10-3-1-2-4-10/h5-7,10,16H,1-4,9H2. The Morgan fingerprint density at radius 2 is 2.05 bits per heavy atom. The van der Waals surface area contributed by atoms with E-state index in [1.165, 1.54) is 6.07 Å². The molecule has 0 aliphatic heterocycles. The van der Waals surface area contributed by atoms with Crippen LogP contribution in [0.25, 0.3) is 0 Å². The molecule has 0 heterocycles. The predicted octanol–water partition coefficient (Wildman–Crippen LogP) is 2.17. The van der Waals surface area contributed by atoms with Gasteiger partial charge in [-0.25, -0.2) is 17.5 Å². The first-order valence-corrected chi connectivity index (χ1v) is 7.70. The van der Waals surface area contributed by atoms with Gasteiger partial charge in [0.05, 0.1) is 10.5 Å². The Hall–Kier alpha value is -1.45. The van der Waals surface area contributed by atoms with Crippen molar-refractivity contribution in [2.45, 2.75) is 30.6 Å². The summed E-state index contributed by atoms with van der Waals surface area (Å²) in [6, 6.07) is 4.88. The number of benzene rings is 1. The minimum atomic E-state index is -3.66. The van der Waals surface area contributed by atoms with Crippen LogP contribution in [0.5, 0.6) is 0 Å². The Labute approximate surface area is 112 Å². The summed E-state index contributed by atoms with van der Waals surface area (Å²) in [5.41, 5.74) is -0.260. The average molecular weight is 282 g/mol. The summed E-state index contributed by atoms with van der Waals surface area (Å²) < 4.78 is 39.7. The molecule has 0 spiro atoms. The minimum Gasteiger partial charge on any atom is -0.211 e. The van der Waals surface area contributed by atoms with Crippen LogP contribution < -0.4 is 4.72 Å². The van der Waals surface area contributed by atoms with Crippen molar-refractivity contribution in [3.05, 3.63) is 29.6 Å². The third-order valence-corrected chi connectivity index (χ3v) is 4.83. The summed E-state index contributed by atoms with van der Waals surface area (Å²) >= 11 is 0. The maximum absolute atomic E-state index is 13.2. The fourth-order valence-corrected chi connectivity index (χ4v) is 3.42. The molecule has 0 aromatic heterocycles. The van der Waals surface area contributed by atoms with Crippen molar-refractivity contribution in [1.82, 2.24) is 4.72 Å². The lowest BCUT2D eigenvalue weighted by Gasteiger charge is -2.11. The SMILES string of the molecule is N#Cc1cc(S(=O)(=O)NCC2CCCC2)ccc1F. The van der Waals surface area contributed by atoms with Crippen molar-refractivity contribution in [3.63, 3.8) is 0 Å². The van der Waals surface area contributed by atoms with Gasteiger partial charge in [0, 0.05) is 6.54 Å². The van der Waals surface area contributed by atoms with Gasteiger partial charge in [-0.1, -0.05) is 12.8 Å². The maximum atomic E-state index is 13.2. The first kappa shape index (κ1) is 14.0. The van der Waals surface area contributed by atoms with Crippen molar-refractivity contribution in [2.24, 2.45) is 5.92 Å². The molecule has 0 amide bonds. The Kier molecular flexibility index (Phi) is 4.17. The molecule has 1 fully saturated rings. The normalized spacial score (nSPS) is 16.4. The molecule has 0 atom stereocenters. The van der Waals surface area contributed by atoms with E-state index in [0.29, 0.717) is 12.5 Å². The lowest BCUT2D eigenvalue weighted by Crippen LogP contribution is -2.28. The summed E-state index contributed by atoms with van der Waals surface area (Å²) in [7, 11) is -3.66. The lowest BCUT2D eigenvalue weighted by molar-refractivity contribution is 0.519. The van der Waals surface area contributed by atoms with Crippen LogP contribution in [0, 0.1) is 23.1 Å². The topological polar surface area (TPSA) is 70.0 Å². The average Bonchev–Trinajstić information content (AvgIpc) is 2.90. The van der Waals surface area contributed by atoms with Crippen LogP contribution in [0.1, 0.15) is 31.2 Å². The quantitative estimate of drug-likeness (QED) is 0.920. The van der Waals surface area contributed by atoms with E-state index in [1.54, 1.807) is 6.07 Å². The van der Waals surface area contributed by atoms with E-state index in [9.17, 15) is 12.8 Å². The van der Waals surface area contributed by atoms with E-state index in [4.69, 9.17) is 5.26 Å². The van der Waals surface area contributed by atoms with Crippen molar-refractivity contribution in [3.8, 4) is 6.07 Å². The van der Waals surface area contributed by atoms with E-state index in [1.807, 2.05) is 0 Å². The van der Waals surface area contributed by atoms with Crippen LogP contribution >= 0.6 is 0 Å². The van der Waals surface area contributed by atoms with Crippen molar-refractivity contribution >= 4 is 10.0 Å². The maximum Gasteiger partial charge on any atom is 0.240 e. The fourth-order valence-electron chi connectivity index (χ4n) is 2.28. The number of hydrogen-bond donors (Lipinski definition) is 1. The predicted molar refractivity (Wildman–Crippen MR) is 68.3 cm³/mol. The molecule has 102 valence electrons. The summed E-state index contributed by atoms with van der Waals surface area (Å²) in [5, 5.41) is 8.71. The fraction of sp³-hybridized carbons (Fsp3) is 0.462. The van der Waals surface area contributed by atoms with E-state index < -0.39 is 15.8 Å². The van der Waals surface area contributed by atoms with Gasteiger partial charge in [0.1, 0.15) is 11.9 Å². The largest absolute Gasteiger partial charge is 0.240 e. The Morgan fingerprint density at radius 3 is 2.68 bits per heavy atom. The zero-order valence-corrected chi connectivity index (χ0v) is 11.2.